The van der Waals surface area contributed by atoms with Crippen LogP contribution in [0.2, 0.25) is 0 Å². The van der Waals surface area contributed by atoms with Crippen LogP contribution < -0.4 is 10.6 Å². The minimum Gasteiger partial charge on any atom is -0.444 e. The maximum Gasteiger partial charge on any atom is 0.408 e. The third-order valence-electron chi connectivity index (χ3n) is 6.42. The number of rotatable bonds is 5. The number of ketones is 1. The molecule has 0 saturated heterocycles. The number of alkyl carbamates (subject to hydrolysis) is 1. The topological polar surface area (TPSA) is 108 Å². The van der Waals surface area contributed by atoms with E-state index in [-0.39, 0.29) is 11.7 Å². The summed E-state index contributed by atoms with van der Waals surface area (Å²) in [4.78, 5) is 38.4. The first-order valence-corrected chi connectivity index (χ1v) is 11.2. The van der Waals surface area contributed by atoms with Gasteiger partial charge in [-0.25, -0.2) is 4.79 Å². The smallest absolute Gasteiger partial charge is 0.408 e. The first-order chi connectivity index (χ1) is 15.1. The minimum absolute atomic E-state index is 0.129. The van der Waals surface area contributed by atoms with Gasteiger partial charge in [-0.2, -0.15) is 5.26 Å². The lowest BCUT2D eigenvalue weighted by Gasteiger charge is -2.23. The number of nitrogens with one attached hydrogen (secondary N) is 2. The molecule has 1 heterocycles. The molecule has 4 rings (SSSR count). The van der Waals surface area contributed by atoms with Crippen LogP contribution in [0.25, 0.3) is 0 Å². The number of hydrogen-bond acceptors (Lipinski definition) is 5. The highest BCUT2D eigenvalue weighted by Crippen LogP contribution is 2.52. The molecule has 0 aromatic heterocycles. The zero-order valence-electron chi connectivity index (χ0n) is 18.7. The van der Waals surface area contributed by atoms with E-state index in [9.17, 15) is 19.6 Å². The maximum absolute atomic E-state index is 13.2. The minimum atomic E-state index is -0.826. The first kappa shape index (κ1) is 22.1. The summed E-state index contributed by atoms with van der Waals surface area (Å²) >= 11 is 0. The molecule has 0 bridgehead atoms. The Balaban J connectivity index is 1.57. The Morgan fingerprint density at radius 3 is 2.72 bits per heavy atom. The molecule has 32 heavy (non-hydrogen) atoms. The fourth-order valence-electron chi connectivity index (χ4n) is 4.72. The van der Waals surface area contributed by atoms with E-state index in [0.717, 1.165) is 24.1 Å². The van der Waals surface area contributed by atoms with E-state index in [4.69, 9.17) is 4.74 Å². The second kappa shape index (κ2) is 8.09. The summed E-state index contributed by atoms with van der Waals surface area (Å²) in [6.45, 7) is 5.31. The van der Waals surface area contributed by atoms with Gasteiger partial charge in [-0.3, -0.25) is 9.59 Å². The summed E-state index contributed by atoms with van der Waals surface area (Å²) in [5.74, 6) is -0.497. The summed E-state index contributed by atoms with van der Waals surface area (Å²) in [6, 6.07) is 9.07. The van der Waals surface area contributed by atoms with Crippen LogP contribution in [0.4, 0.5) is 10.5 Å². The Bertz CT molecular complexity index is 1030. The lowest BCUT2D eigenvalue weighted by atomic mass is 9.79. The van der Waals surface area contributed by atoms with E-state index in [1.807, 2.05) is 24.3 Å². The number of ether oxygens (including phenoxy) is 1. The summed E-state index contributed by atoms with van der Waals surface area (Å²) in [6.07, 6.45) is 4.16. The van der Waals surface area contributed by atoms with E-state index in [1.165, 1.54) is 6.08 Å². The van der Waals surface area contributed by atoms with Crippen LogP contribution in [0.1, 0.15) is 58.4 Å². The second-order valence-corrected chi connectivity index (χ2v) is 10.1. The van der Waals surface area contributed by atoms with Gasteiger partial charge in [0.05, 0.1) is 23.4 Å². The Labute approximate surface area is 188 Å². The molecule has 1 spiro atoms. The van der Waals surface area contributed by atoms with Crippen LogP contribution in [-0.4, -0.2) is 29.4 Å². The van der Waals surface area contributed by atoms with Crippen LogP contribution in [0, 0.1) is 23.2 Å². The molecule has 2 N–H and O–H groups in total. The summed E-state index contributed by atoms with van der Waals surface area (Å²) in [7, 11) is 0. The molecule has 7 heteroatoms. The fourth-order valence-corrected chi connectivity index (χ4v) is 4.72. The van der Waals surface area contributed by atoms with Gasteiger partial charge in [-0.15, -0.1) is 0 Å². The van der Waals surface area contributed by atoms with Crippen molar-refractivity contribution in [2.75, 3.05) is 5.32 Å². The lowest BCUT2D eigenvalue weighted by Crippen LogP contribution is -2.43. The van der Waals surface area contributed by atoms with Gasteiger partial charge < -0.3 is 15.4 Å². The van der Waals surface area contributed by atoms with Crippen LogP contribution in [-0.2, 0) is 19.7 Å². The molecular formula is C25H29N3O4. The molecule has 0 unspecified atom stereocenters. The number of nitriles is 1. The molecule has 2 amide bonds. The monoisotopic (exact) mass is 435 g/mol. The fraction of sp³-hybridized carbons (Fsp3) is 0.520. The van der Waals surface area contributed by atoms with Crippen molar-refractivity contribution in [1.82, 2.24) is 5.32 Å². The van der Waals surface area contributed by atoms with Gasteiger partial charge in [0.25, 0.3) is 0 Å². The van der Waals surface area contributed by atoms with Gasteiger partial charge in [0.1, 0.15) is 5.60 Å². The van der Waals surface area contributed by atoms with Crippen molar-refractivity contribution in [2.24, 2.45) is 11.8 Å². The molecule has 2 aliphatic carbocycles. The van der Waals surface area contributed by atoms with E-state index in [1.54, 1.807) is 20.8 Å². The molecule has 2 saturated carbocycles. The number of amides is 2. The molecule has 168 valence electrons. The predicted molar refractivity (Wildman–Crippen MR) is 119 cm³/mol. The summed E-state index contributed by atoms with van der Waals surface area (Å²) in [5, 5.41) is 15.4. The zero-order chi connectivity index (χ0) is 23.1. The van der Waals surface area contributed by atoms with Gasteiger partial charge in [-0.05, 0) is 69.2 Å². The quantitative estimate of drug-likeness (QED) is 0.680. The Kier molecular flexibility index (Phi) is 5.58. The lowest BCUT2D eigenvalue weighted by molar-refractivity contribution is -0.120. The summed E-state index contributed by atoms with van der Waals surface area (Å²) < 4.78 is 5.33. The van der Waals surface area contributed by atoms with E-state index >= 15 is 0 Å². The molecule has 1 aliphatic heterocycles. The SMILES string of the molecule is CC(C)(C)OC(=O)N[C@@H](CC1CC1)C(=O)/C=C1/C[C@]2(C[C@H]1C#N)C(=O)Nc1ccccc12. The van der Waals surface area contributed by atoms with E-state index in [0.29, 0.717) is 30.8 Å². The van der Waals surface area contributed by atoms with Crippen molar-refractivity contribution in [3.63, 3.8) is 0 Å². The predicted octanol–water partition coefficient (Wildman–Crippen LogP) is 4.00. The highest BCUT2D eigenvalue weighted by atomic mass is 16.6. The van der Waals surface area contributed by atoms with Gasteiger partial charge in [0.2, 0.25) is 5.91 Å². The molecular weight excluding hydrogens is 406 g/mol. The van der Waals surface area contributed by atoms with Gasteiger partial charge in [0, 0.05) is 5.69 Å². The zero-order valence-corrected chi connectivity index (χ0v) is 18.7. The van der Waals surface area contributed by atoms with Crippen molar-refractivity contribution in [3.05, 3.63) is 41.5 Å². The van der Waals surface area contributed by atoms with Crippen LogP contribution in [0.5, 0.6) is 0 Å². The van der Waals surface area contributed by atoms with Crippen molar-refractivity contribution in [1.29, 1.82) is 5.26 Å². The molecule has 1 aromatic rings. The van der Waals surface area contributed by atoms with Crippen LogP contribution in [0.3, 0.4) is 0 Å². The number of hydrogen-bond donors (Lipinski definition) is 2. The number of carbonyl (C=O) groups excluding carboxylic acids is 3. The van der Waals surface area contributed by atoms with E-state index < -0.39 is 29.1 Å². The highest BCUT2D eigenvalue weighted by molar-refractivity contribution is 6.07. The molecule has 0 radical (unpaired) electrons. The molecule has 7 nitrogen and oxygen atoms in total. The largest absolute Gasteiger partial charge is 0.444 e. The maximum atomic E-state index is 13.2. The van der Waals surface area contributed by atoms with Crippen molar-refractivity contribution in [3.8, 4) is 6.07 Å². The standard InChI is InChI=1S/C25H29N3O4/c1-24(2,3)32-23(31)28-20(10-15-8-9-15)21(29)11-16-12-25(13-17(16)14-26)18-6-4-5-7-19(18)27-22(25)30/h4-7,11,15,17,20H,8-10,12-13H2,1-3H3,(H,27,30)(H,28,31)/b16-11-/t17-,20-,25+/m0/s1. The van der Waals surface area contributed by atoms with Crippen molar-refractivity contribution >= 4 is 23.5 Å². The number of allylic oxidation sites excluding steroid dienone is 1. The number of nitrogens with zero attached hydrogens (tertiary/aromatic N) is 1. The number of fused-ring (bicyclic) bond motifs is 2. The number of anilines is 1. The van der Waals surface area contributed by atoms with Gasteiger partial charge in [-0.1, -0.05) is 31.0 Å². The average Bonchev–Trinajstić information content (AvgIpc) is 3.39. The third kappa shape index (κ3) is 4.40. The van der Waals surface area contributed by atoms with Crippen LogP contribution in [0.15, 0.2) is 35.9 Å². The third-order valence-corrected chi connectivity index (χ3v) is 6.42. The number of carbonyl (C=O) groups is 3. The second-order valence-electron chi connectivity index (χ2n) is 10.1. The number of para-hydroxylation sites is 1. The van der Waals surface area contributed by atoms with Gasteiger partial charge in [0.15, 0.2) is 5.78 Å². The number of benzene rings is 1. The highest BCUT2D eigenvalue weighted by Gasteiger charge is 2.53. The molecule has 3 atom stereocenters. The van der Waals surface area contributed by atoms with Gasteiger partial charge >= 0.3 is 6.09 Å². The first-order valence-electron chi connectivity index (χ1n) is 11.2. The van der Waals surface area contributed by atoms with E-state index in [2.05, 4.69) is 16.7 Å². The Hall–Kier alpha value is -3.14. The Morgan fingerprint density at radius 1 is 1.34 bits per heavy atom. The Morgan fingerprint density at radius 2 is 2.06 bits per heavy atom. The van der Waals surface area contributed by atoms with Crippen molar-refractivity contribution in [2.45, 2.75) is 69.9 Å². The average molecular weight is 436 g/mol. The molecule has 3 aliphatic rings. The normalized spacial score (nSPS) is 26.4. The molecule has 2 fully saturated rings. The van der Waals surface area contributed by atoms with Crippen molar-refractivity contribution < 1.29 is 19.1 Å². The van der Waals surface area contributed by atoms with Crippen LogP contribution >= 0.6 is 0 Å². The summed E-state index contributed by atoms with van der Waals surface area (Å²) in [5.41, 5.74) is 0.801. The molecule has 1 aromatic carbocycles.